The number of hydrogen-bond acceptors (Lipinski definition) is 1. The number of carbonyl (C=O) groups is 1. The largest absolute Gasteiger partial charge is 0.294 e. The SMILES string of the molecule is O=C(CCc1ccc(Cl)cc1)c1cc(Cl)cc(Cl)c1. The molecule has 4 heteroatoms. The van der Waals surface area contributed by atoms with E-state index in [2.05, 4.69) is 0 Å². The summed E-state index contributed by atoms with van der Waals surface area (Å²) in [6.45, 7) is 0. The van der Waals surface area contributed by atoms with Gasteiger partial charge in [0.2, 0.25) is 0 Å². The molecule has 0 saturated carbocycles. The Balaban J connectivity index is 2.03. The highest BCUT2D eigenvalue weighted by atomic mass is 35.5. The zero-order chi connectivity index (χ0) is 13.8. The fourth-order valence-electron chi connectivity index (χ4n) is 1.77. The van der Waals surface area contributed by atoms with Crippen LogP contribution in [-0.4, -0.2) is 5.78 Å². The standard InChI is InChI=1S/C15H11Cl3O/c16-12-4-1-10(2-5-12)3-6-15(19)11-7-13(17)9-14(18)8-11/h1-2,4-5,7-9H,3,6H2. The van der Waals surface area contributed by atoms with Crippen LogP contribution < -0.4 is 0 Å². The summed E-state index contributed by atoms with van der Waals surface area (Å²) in [4.78, 5) is 12.0. The molecule has 0 aliphatic rings. The molecule has 2 aromatic rings. The number of halogens is 3. The third-order valence-corrected chi connectivity index (χ3v) is 3.43. The van der Waals surface area contributed by atoms with Gasteiger partial charge in [0.1, 0.15) is 0 Å². The average Bonchev–Trinajstić information content (AvgIpc) is 2.36. The molecule has 0 N–H and O–H groups in total. The summed E-state index contributed by atoms with van der Waals surface area (Å²) >= 11 is 17.6. The van der Waals surface area contributed by atoms with Gasteiger partial charge in [-0.3, -0.25) is 4.79 Å². The van der Waals surface area contributed by atoms with Crippen LogP contribution in [0, 0.1) is 0 Å². The molecule has 0 aliphatic carbocycles. The molecule has 0 spiro atoms. The molecule has 0 fully saturated rings. The van der Waals surface area contributed by atoms with Gasteiger partial charge in [0.05, 0.1) is 0 Å². The molecule has 2 aromatic carbocycles. The second-order valence-electron chi connectivity index (χ2n) is 4.21. The van der Waals surface area contributed by atoms with Crippen LogP contribution in [0.4, 0.5) is 0 Å². The Hall–Kier alpha value is -1.02. The van der Waals surface area contributed by atoms with E-state index in [1.165, 1.54) is 0 Å². The highest BCUT2D eigenvalue weighted by molar-refractivity contribution is 6.35. The Morgan fingerprint density at radius 1 is 0.842 bits per heavy atom. The van der Waals surface area contributed by atoms with Crippen LogP contribution in [0.3, 0.4) is 0 Å². The summed E-state index contributed by atoms with van der Waals surface area (Å²) in [5, 5.41) is 1.64. The van der Waals surface area contributed by atoms with Gasteiger partial charge >= 0.3 is 0 Å². The minimum atomic E-state index is 0.0272. The molecule has 19 heavy (non-hydrogen) atoms. The zero-order valence-electron chi connectivity index (χ0n) is 10.00. The summed E-state index contributed by atoms with van der Waals surface area (Å²) in [7, 11) is 0. The zero-order valence-corrected chi connectivity index (χ0v) is 12.3. The lowest BCUT2D eigenvalue weighted by Gasteiger charge is -2.03. The van der Waals surface area contributed by atoms with E-state index in [1.807, 2.05) is 24.3 Å². The Labute approximate surface area is 127 Å². The summed E-state index contributed by atoms with van der Waals surface area (Å²) < 4.78 is 0. The van der Waals surface area contributed by atoms with Crippen molar-refractivity contribution in [2.45, 2.75) is 12.8 Å². The first kappa shape index (κ1) is 14.4. The van der Waals surface area contributed by atoms with Crippen molar-refractivity contribution >= 4 is 40.6 Å². The molecule has 0 amide bonds. The number of carbonyl (C=O) groups excluding carboxylic acids is 1. The molecule has 98 valence electrons. The maximum atomic E-state index is 12.0. The van der Waals surface area contributed by atoms with Crippen molar-refractivity contribution in [1.29, 1.82) is 0 Å². The lowest BCUT2D eigenvalue weighted by atomic mass is 10.0. The maximum Gasteiger partial charge on any atom is 0.163 e. The van der Waals surface area contributed by atoms with Crippen molar-refractivity contribution in [2.75, 3.05) is 0 Å². The van der Waals surface area contributed by atoms with E-state index in [-0.39, 0.29) is 5.78 Å². The lowest BCUT2D eigenvalue weighted by molar-refractivity contribution is 0.0983. The molecule has 0 radical (unpaired) electrons. The van der Waals surface area contributed by atoms with Gasteiger partial charge in [-0.2, -0.15) is 0 Å². The number of Topliss-reactive ketones (excluding diaryl/α,β-unsaturated/α-hetero) is 1. The van der Waals surface area contributed by atoms with E-state index >= 15 is 0 Å². The first-order chi connectivity index (χ1) is 9.04. The van der Waals surface area contributed by atoms with E-state index in [9.17, 15) is 4.79 Å². The molecule has 0 aliphatic heterocycles. The van der Waals surface area contributed by atoms with Gasteiger partial charge in [-0.25, -0.2) is 0 Å². The first-order valence-corrected chi connectivity index (χ1v) is 6.92. The maximum absolute atomic E-state index is 12.0. The van der Waals surface area contributed by atoms with Gasteiger partial charge in [-0.05, 0) is 42.3 Å². The van der Waals surface area contributed by atoms with E-state index in [1.54, 1.807) is 18.2 Å². The summed E-state index contributed by atoms with van der Waals surface area (Å²) in [5.74, 6) is 0.0272. The predicted molar refractivity (Wildman–Crippen MR) is 80.6 cm³/mol. The average molecular weight is 314 g/mol. The fourth-order valence-corrected chi connectivity index (χ4v) is 2.42. The molecule has 1 nitrogen and oxygen atoms in total. The minimum absolute atomic E-state index is 0.0272. The number of hydrogen-bond donors (Lipinski definition) is 0. The van der Waals surface area contributed by atoms with Crippen LogP contribution in [0.1, 0.15) is 22.3 Å². The van der Waals surface area contributed by atoms with Crippen LogP contribution in [0.25, 0.3) is 0 Å². The summed E-state index contributed by atoms with van der Waals surface area (Å²) in [6.07, 6.45) is 1.08. The van der Waals surface area contributed by atoms with Crippen LogP contribution in [-0.2, 0) is 6.42 Å². The van der Waals surface area contributed by atoms with Crippen LogP contribution in [0.5, 0.6) is 0 Å². The number of aryl methyl sites for hydroxylation is 1. The molecule has 0 unspecified atom stereocenters. The highest BCUT2D eigenvalue weighted by Gasteiger charge is 2.08. The van der Waals surface area contributed by atoms with Crippen LogP contribution in [0.15, 0.2) is 42.5 Å². The lowest BCUT2D eigenvalue weighted by Crippen LogP contribution is -2.01. The molecule has 0 aromatic heterocycles. The summed E-state index contributed by atoms with van der Waals surface area (Å²) in [6, 6.07) is 12.4. The van der Waals surface area contributed by atoms with Gasteiger partial charge in [-0.15, -0.1) is 0 Å². The third kappa shape index (κ3) is 4.24. The molecule has 0 saturated heterocycles. The second kappa shape index (κ2) is 6.42. The predicted octanol–water partition coefficient (Wildman–Crippen LogP) is 5.46. The van der Waals surface area contributed by atoms with Gasteiger partial charge in [0.15, 0.2) is 5.78 Å². The quantitative estimate of drug-likeness (QED) is 0.685. The minimum Gasteiger partial charge on any atom is -0.294 e. The van der Waals surface area contributed by atoms with Gasteiger partial charge in [0, 0.05) is 27.1 Å². The second-order valence-corrected chi connectivity index (χ2v) is 5.52. The van der Waals surface area contributed by atoms with E-state index in [0.717, 1.165) is 5.56 Å². The Morgan fingerprint density at radius 3 is 2.00 bits per heavy atom. The molecule has 0 atom stereocenters. The molecule has 2 rings (SSSR count). The Kier molecular flexibility index (Phi) is 4.87. The van der Waals surface area contributed by atoms with Crippen molar-refractivity contribution < 1.29 is 4.79 Å². The third-order valence-electron chi connectivity index (χ3n) is 2.74. The first-order valence-electron chi connectivity index (χ1n) is 5.78. The normalized spacial score (nSPS) is 10.5. The van der Waals surface area contributed by atoms with Gasteiger partial charge < -0.3 is 0 Å². The van der Waals surface area contributed by atoms with Gasteiger partial charge in [0.25, 0.3) is 0 Å². The molecular formula is C15H11Cl3O. The molecular weight excluding hydrogens is 303 g/mol. The summed E-state index contributed by atoms with van der Waals surface area (Å²) in [5.41, 5.74) is 1.62. The fraction of sp³-hybridized carbons (Fsp3) is 0.133. The smallest absolute Gasteiger partial charge is 0.163 e. The Morgan fingerprint density at radius 2 is 1.42 bits per heavy atom. The molecule has 0 bridgehead atoms. The van der Waals surface area contributed by atoms with Gasteiger partial charge in [-0.1, -0.05) is 46.9 Å². The topological polar surface area (TPSA) is 17.1 Å². The highest BCUT2D eigenvalue weighted by Crippen LogP contribution is 2.20. The van der Waals surface area contributed by atoms with Crippen molar-refractivity contribution in [1.82, 2.24) is 0 Å². The van der Waals surface area contributed by atoms with E-state index in [0.29, 0.717) is 33.5 Å². The van der Waals surface area contributed by atoms with E-state index < -0.39 is 0 Å². The van der Waals surface area contributed by atoms with Crippen molar-refractivity contribution in [3.63, 3.8) is 0 Å². The van der Waals surface area contributed by atoms with Crippen LogP contribution >= 0.6 is 34.8 Å². The van der Waals surface area contributed by atoms with Crippen molar-refractivity contribution in [3.05, 3.63) is 68.7 Å². The van der Waals surface area contributed by atoms with Crippen molar-refractivity contribution in [2.24, 2.45) is 0 Å². The number of ketones is 1. The molecule has 0 heterocycles. The Bertz CT molecular complexity index is 571. The van der Waals surface area contributed by atoms with Crippen molar-refractivity contribution in [3.8, 4) is 0 Å². The monoisotopic (exact) mass is 312 g/mol. The number of benzene rings is 2. The number of rotatable bonds is 4. The van der Waals surface area contributed by atoms with Crippen LogP contribution in [0.2, 0.25) is 15.1 Å². The van der Waals surface area contributed by atoms with E-state index in [4.69, 9.17) is 34.8 Å².